The van der Waals surface area contributed by atoms with Crippen LogP contribution in [0.15, 0.2) is 48.5 Å². The molecule has 0 fully saturated rings. The first-order chi connectivity index (χ1) is 9.61. The quantitative estimate of drug-likeness (QED) is 0.607. The molecule has 0 heterocycles. The van der Waals surface area contributed by atoms with Crippen LogP contribution >= 0.6 is 0 Å². The van der Waals surface area contributed by atoms with Crippen LogP contribution in [0.1, 0.15) is 43.7 Å². The molecule has 1 unspecified atom stereocenters. The van der Waals surface area contributed by atoms with Crippen LogP contribution in [0.25, 0.3) is 11.1 Å². The summed E-state index contributed by atoms with van der Waals surface area (Å²) in [6.07, 6.45) is 0. The van der Waals surface area contributed by atoms with Crippen LogP contribution in [0.5, 0.6) is 0 Å². The molecular weight excluding hydrogens is 248 g/mol. The zero-order chi connectivity index (χ0) is 14.5. The zero-order valence-corrected chi connectivity index (χ0v) is 12.3. The lowest BCUT2D eigenvalue weighted by atomic mass is 9.96. The van der Waals surface area contributed by atoms with E-state index in [0.717, 1.165) is 0 Å². The van der Waals surface area contributed by atoms with Gasteiger partial charge in [-0.3, -0.25) is 5.26 Å². The first-order valence-corrected chi connectivity index (χ1v) is 7.08. The van der Waals surface area contributed by atoms with Crippen molar-refractivity contribution in [1.82, 2.24) is 0 Å². The lowest BCUT2D eigenvalue weighted by molar-refractivity contribution is -0.245. The first kappa shape index (κ1) is 14.8. The lowest BCUT2D eigenvalue weighted by Crippen LogP contribution is -2.01. The van der Waals surface area contributed by atoms with E-state index >= 15 is 0 Å². The van der Waals surface area contributed by atoms with Crippen LogP contribution < -0.4 is 0 Å². The van der Waals surface area contributed by atoms with Crippen molar-refractivity contribution in [1.29, 1.82) is 0 Å². The molecule has 2 nitrogen and oxygen atoms in total. The van der Waals surface area contributed by atoms with E-state index in [9.17, 15) is 0 Å². The van der Waals surface area contributed by atoms with E-state index in [1.54, 1.807) is 0 Å². The van der Waals surface area contributed by atoms with Crippen molar-refractivity contribution in [2.24, 2.45) is 0 Å². The van der Waals surface area contributed by atoms with Gasteiger partial charge in [0, 0.05) is 5.92 Å². The highest BCUT2D eigenvalue weighted by Crippen LogP contribution is 2.25. The second-order valence-electron chi connectivity index (χ2n) is 5.60. The topological polar surface area (TPSA) is 29.5 Å². The Balaban J connectivity index is 2.17. The van der Waals surface area contributed by atoms with Crippen molar-refractivity contribution in [2.75, 3.05) is 6.61 Å². The molecule has 0 aliphatic heterocycles. The van der Waals surface area contributed by atoms with Gasteiger partial charge in [0.1, 0.15) is 0 Å². The molecule has 20 heavy (non-hydrogen) atoms. The summed E-state index contributed by atoms with van der Waals surface area (Å²) in [5, 5.41) is 8.50. The summed E-state index contributed by atoms with van der Waals surface area (Å²) < 4.78 is 0. The van der Waals surface area contributed by atoms with E-state index in [-0.39, 0.29) is 5.92 Å². The third-order valence-corrected chi connectivity index (χ3v) is 3.71. The predicted molar refractivity (Wildman–Crippen MR) is 83.0 cm³/mol. The Morgan fingerprint density at radius 3 is 1.65 bits per heavy atom. The summed E-state index contributed by atoms with van der Waals surface area (Å²) in [7, 11) is 0. The van der Waals surface area contributed by atoms with Crippen molar-refractivity contribution in [3.63, 3.8) is 0 Å². The smallest absolute Gasteiger partial charge is 0.0885 e. The minimum atomic E-state index is 0.192. The Morgan fingerprint density at radius 2 is 1.25 bits per heavy atom. The molecule has 106 valence electrons. The largest absolute Gasteiger partial charge is 0.252 e. The third kappa shape index (κ3) is 3.47. The van der Waals surface area contributed by atoms with Gasteiger partial charge in [-0.15, -0.1) is 0 Å². The zero-order valence-electron chi connectivity index (χ0n) is 12.3. The van der Waals surface area contributed by atoms with Crippen LogP contribution in [-0.2, 0) is 4.89 Å². The fraction of sp³-hybridized carbons (Fsp3) is 0.333. The van der Waals surface area contributed by atoms with Gasteiger partial charge in [-0.05, 0) is 28.2 Å². The van der Waals surface area contributed by atoms with Crippen molar-refractivity contribution in [3.8, 4) is 11.1 Å². The van der Waals surface area contributed by atoms with Gasteiger partial charge in [0.15, 0.2) is 0 Å². The molecule has 0 amide bonds. The van der Waals surface area contributed by atoms with Crippen LogP contribution in [0.3, 0.4) is 0 Å². The fourth-order valence-electron chi connectivity index (χ4n) is 2.27. The van der Waals surface area contributed by atoms with E-state index in [0.29, 0.717) is 12.5 Å². The van der Waals surface area contributed by atoms with Crippen LogP contribution in [0.4, 0.5) is 0 Å². The van der Waals surface area contributed by atoms with Gasteiger partial charge < -0.3 is 0 Å². The van der Waals surface area contributed by atoms with E-state index in [1.165, 1.54) is 22.3 Å². The Hall–Kier alpha value is -1.64. The van der Waals surface area contributed by atoms with Crippen LogP contribution in [0.2, 0.25) is 0 Å². The molecule has 1 atom stereocenters. The molecule has 0 bridgehead atoms. The molecule has 0 radical (unpaired) electrons. The van der Waals surface area contributed by atoms with Crippen molar-refractivity contribution < 1.29 is 10.1 Å². The maximum Gasteiger partial charge on any atom is 0.0885 e. The summed E-state index contributed by atoms with van der Waals surface area (Å²) in [6.45, 7) is 6.76. The van der Waals surface area contributed by atoms with Gasteiger partial charge in [0.05, 0.1) is 6.61 Å². The van der Waals surface area contributed by atoms with E-state index in [4.69, 9.17) is 5.26 Å². The molecule has 2 aromatic carbocycles. The summed E-state index contributed by atoms with van der Waals surface area (Å²) in [5.74, 6) is 0.753. The maximum atomic E-state index is 8.50. The molecule has 2 heteroatoms. The number of benzene rings is 2. The Bertz CT molecular complexity index is 526. The molecule has 0 aromatic heterocycles. The Morgan fingerprint density at radius 1 is 0.800 bits per heavy atom. The minimum Gasteiger partial charge on any atom is -0.252 e. The number of hydrogen-bond donors (Lipinski definition) is 1. The van der Waals surface area contributed by atoms with Crippen LogP contribution in [0, 0.1) is 0 Å². The van der Waals surface area contributed by atoms with Crippen molar-refractivity contribution in [2.45, 2.75) is 32.6 Å². The highest BCUT2D eigenvalue weighted by Gasteiger charge is 2.06. The predicted octanol–water partition coefficient (Wildman–Crippen LogP) is 5.07. The van der Waals surface area contributed by atoms with Gasteiger partial charge in [0.2, 0.25) is 0 Å². The maximum absolute atomic E-state index is 8.50. The summed E-state index contributed by atoms with van der Waals surface area (Å²) in [5.41, 5.74) is 4.97. The number of rotatable bonds is 5. The summed E-state index contributed by atoms with van der Waals surface area (Å²) in [4.78, 5) is 4.21. The average molecular weight is 270 g/mol. The van der Waals surface area contributed by atoms with Gasteiger partial charge in [-0.2, -0.15) is 0 Å². The van der Waals surface area contributed by atoms with Crippen molar-refractivity contribution >= 4 is 0 Å². The third-order valence-electron chi connectivity index (χ3n) is 3.71. The highest BCUT2D eigenvalue weighted by molar-refractivity contribution is 5.64. The Kier molecular flexibility index (Phi) is 4.94. The van der Waals surface area contributed by atoms with E-state index in [2.05, 4.69) is 67.3 Å². The normalized spacial score (nSPS) is 12.7. The average Bonchev–Trinajstić information content (AvgIpc) is 2.48. The molecule has 1 N–H and O–H groups in total. The fourth-order valence-corrected chi connectivity index (χ4v) is 2.27. The standard InChI is InChI=1S/C18H22O2/c1-13(2)15-4-8-17(9-5-15)18-10-6-16(7-11-18)14(3)12-20-19/h4-11,13-14,19H,12H2,1-3H3. The first-order valence-electron chi connectivity index (χ1n) is 7.08. The van der Waals surface area contributed by atoms with E-state index < -0.39 is 0 Å². The Labute approximate surface area is 121 Å². The molecule has 0 spiro atoms. The highest BCUT2D eigenvalue weighted by atomic mass is 17.1. The molecule has 2 aromatic rings. The molecular formula is C18H22O2. The molecule has 2 rings (SSSR count). The monoisotopic (exact) mass is 270 g/mol. The van der Waals surface area contributed by atoms with Crippen molar-refractivity contribution in [3.05, 3.63) is 59.7 Å². The summed E-state index contributed by atoms with van der Waals surface area (Å²) >= 11 is 0. The second-order valence-corrected chi connectivity index (χ2v) is 5.60. The van der Waals surface area contributed by atoms with Gasteiger partial charge in [-0.1, -0.05) is 69.3 Å². The SMILES string of the molecule is CC(C)c1ccc(-c2ccc(C(C)COO)cc2)cc1. The molecule has 0 saturated carbocycles. The lowest BCUT2D eigenvalue weighted by Gasteiger charge is -2.11. The molecule has 0 saturated heterocycles. The molecule has 0 aliphatic carbocycles. The van der Waals surface area contributed by atoms with Gasteiger partial charge in [-0.25, -0.2) is 4.89 Å². The van der Waals surface area contributed by atoms with Gasteiger partial charge in [0.25, 0.3) is 0 Å². The van der Waals surface area contributed by atoms with E-state index in [1.807, 2.05) is 6.92 Å². The second kappa shape index (κ2) is 6.69. The van der Waals surface area contributed by atoms with Crippen LogP contribution in [-0.4, -0.2) is 11.9 Å². The minimum absolute atomic E-state index is 0.192. The summed E-state index contributed by atoms with van der Waals surface area (Å²) in [6, 6.07) is 17.1. The van der Waals surface area contributed by atoms with Gasteiger partial charge >= 0.3 is 0 Å². The number of hydrogen-bond acceptors (Lipinski definition) is 2. The molecule has 0 aliphatic rings.